The lowest BCUT2D eigenvalue weighted by Gasteiger charge is -2.12. The lowest BCUT2D eigenvalue weighted by atomic mass is 10.0. The number of anilines is 1. The molecule has 8 nitrogen and oxygen atoms in total. The normalized spacial score (nSPS) is 10.9. The van der Waals surface area contributed by atoms with Crippen molar-refractivity contribution in [2.24, 2.45) is 0 Å². The molecule has 198 valence electrons. The summed E-state index contributed by atoms with van der Waals surface area (Å²) < 4.78 is 26.2. The molecule has 4 aromatic rings. The first-order chi connectivity index (χ1) is 18.3. The molecule has 0 atom stereocenters. The van der Waals surface area contributed by atoms with Gasteiger partial charge in [0.2, 0.25) is 5.91 Å². The summed E-state index contributed by atoms with van der Waals surface area (Å²) in [5, 5.41) is 14.0. The van der Waals surface area contributed by atoms with Gasteiger partial charge >= 0.3 is 5.97 Å². The second-order valence-corrected chi connectivity index (χ2v) is 10.1. The largest absolute Gasteiger partial charge is 0.485 e. The van der Waals surface area contributed by atoms with E-state index in [0.29, 0.717) is 33.7 Å². The molecule has 1 amide bonds. The third-order valence-electron chi connectivity index (χ3n) is 5.94. The van der Waals surface area contributed by atoms with Crippen molar-refractivity contribution in [2.45, 2.75) is 39.1 Å². The first-order valence-corrected chi connectivity index (χ1v) is 13.7. The van der Waals surface area contributed by atoms with Crippen LogP contribution in [-0.4, -0.2) is 39.5 Å². The van der Waals surface area contributed by atoms with Gasteiger partial charge in [-0.25, -0.2) is 9.18 Å². The molecule has 0 bridgehead atoms. The van der Waals surface area contributed by atoms with Crippen LogP contribution in [-0.2, 0) is 22.7 Å². The Kier molecular flexibility index (Phi) is 8.80. The smallest absolute Gasteiger partial charge is 0.341 e. The number of halogens is 1. The molecule has 0 radical (unpaired) electrons. The van der Waals surface area contributed by atoms with Crippen LogP contribution in [0.25, 0.3) is 11.1 Å². The van der Waals surface area contributed by atoms with Gasteiger partial charge in [-0.2, -0.15) is 0 Å². The number of aromatic nitrogens is 3. The molecular formula is C27H27FN4O4S2. The summed E-state index contributed by atoms with van der Waals surface area (Å²) in [6.07, 6.45) is 0. The van der Waals surface area contributed by atoms with Gasteiger partial charge in [0.05, 0.1) is 12.9 Å². The molecule has 2 aromatic heterocycles. The average Bonchev–Trinajstić information content (AvgIpc) is 3.51. The van der Waals surface area contributed by atoms with Crippen molar-refractivity contribution in [3.8, 4) is 16.9 Å². The fourth-order valence-corrected chi connectivity index (χ4v) is 5.56. The topological polar surface area (TPSA) is 95.3 Å². The SMILES string of the molecule is CCn1c(COc2cccc(C)c2C)nnc1SCC(=O)Nc1scc(-c2ccc(F)cc2)c1C(=O)OC. The molecule has 38 heavy (non-hydrogen) atoms. The minimum Gasteiger partial charge on any atom is -0.485 e. The molecule has 2 heterocycles. The maximum Gasteiger partial charge on any atom is 0.341 e. The Labute approximate surface area is 228 Å². The summed E-state index contributed by atoms with van der Waals surface area (Å²) in [5.74, 6) is 0.224. The van der Waals surface area contributed by atoms with Crippen molar-refractivity contribution >= 4 is 40.0 Å². The van der Waals surface area contributed by atoms with Gasteiger partial charge in [-0.15, -0.1) is 21.5 Å². The number of methoxy groups -OCH3 is 1. The Hall–Kier alpha value is -3.70. The standard InChI is InChI=1S/C27H27FN4O4S2/c1-5-32-22(13-36-21-8-6-7-16(2)17(21)3)30-31-27(32)38-15-23(33)29-25-24(26(34)35-4)20(14-37-25)18-9-11-19(28)12-10-18/h6-12,14H,5,13,15H2,1-4H3,(H,29,33). The summed E-state index contributed by atoms with van der Waals surface area (Å²) >= 11 is 2.44. The minimum absolute atomic E-state index is 0.0559. The molecule has 2 aromatic carbocycles. The molecule has 0 saturated carbocycles. The number of esters is 1. The van der Waals surface area contributed by atoms with Crippen molar-refractivity contribution in [3.05, 3.63) is 76.2 Å². The number of hydrogen-bond acceptors (Lipinski definition) is 8. The van der Waals surface area contributed by atoms with E-state index >= 15 is 0 Å². The number of hydrogen-bond donors (Lipinski definition) is 1. The minimum atomic E-state index is -0.590. The maximum absolute atomic E-state index is 13.4. The Balaban J connectivity index is 1.43. The van der Waals surface area contributed by atoms with Gasteiger partial charge in [0.25, 0.3) is 0 Å². The summed E-state index contributed by atoms with van der Waals surface area (Å²) in [4.78, 5) is 25.3. The second kappa shape index (κ2) is 12.2. The van der Waals surface area contributed by atoms with Gasteiger partial charge in [-0.05, 0) is 55.7 Å². The predicted molar refractivity (Wildman–Crippen MR) is 146 cm³/mol. The third-order valence-corrected chi connectivity index (χ3v) is 7.80. The zero-order chi connectivity index (χ0) is 27.2. The zero-order valence-electron chi connectivity index (χ0n) is 21.4. The quantitative estimate of drug-likeness (QED) is 0.193. The number of rotatable bonds is 10. The van der Waals surface area contributed by atoms with E-state index in [4.69, 9.17) is 9.47 Å². The highest BCUT2D eigenvalue weighted by Gasteiger charge is 2.23. The summed E-state index contributed by atoms with van der Waals surface area (Å²) in [5.41, 5.74) is 3.65. The van der Waals surface area contributed by atoms with Crippen molar-refractivity contribution in [2.75, 3.05) is 18.2 Å². The molecule has 0 fully saturated rings. The van der Waals surface area contributed by atoms with Crippen LogP contribution in [0.4, 0.5) is 9.39 Å². The van der Waals surface area contributed by atoms with Crippen LogP contribution in [0.5, 0.6) is 5.75 Å². The van der Waals surface area contributed by atoms with Crippen LogP contribution < -0.4 is 10.1 Å². The number of aryl methyl sites for hydroxylation is 1. The zero-order valence-corrected chi connectivity index (χ0v) is 23.0. The molecule has 0 aliphatic carbocycles. The van der Waals surface area contributed by atoms with Crippen molar-refractivity contribution in [3.63, 3.8) is 0 Å². The van der Waals surface area contributed by atoms with Gasteiger partial charge in [-0.1, -0.05) is 36.0 Å². The van der Waals surface area contributed by atoms with Crippen LogP contribution in [0.3, 0.4) is 0 Å². The fourth-order valence-electron chi connectivity index (χ4n) is 3.76. The maximum atomic E-state index is 13.4. The third kappa shape index (κ3) is 6.05. The number of thioether (sulfide) groups is 1. The van der Waals surface area contributed by atoms with Gasteiger partial charge in [-0.3, -0.25) is 4.79 Å². The van der Waals surface area contributed by atoms with E-state index in [-0.39, 0.29) is 29.6 Å². The Bertz CT molecular complexity index is 1450. The molecule has 0 saturated heterocycles. The predicted octanol–water partition coefficient (Wildman–Crippen LogP) is 5.88. The van der Waals surface area contributed by atoms with E-state index in [1.165, 1.54) is 42.3 Å². The highest BCUT2D eigenvalue weighted by atomic mass is 32.2. The summed E-state index contributed by atoms with van der Waals surface area (Å²) in [6, 6.07) is 11.7. The van der Waals surface area contributed by atoms with E-state index in [0.717, 1.165) is 16.9 Å². The monoisotopic (exact) mass is 554 g/mol. The molecule has 0 aliphatic heterocycles. The van der Waals surface area contributed by atoms with E-state index in [9.17, 15) is 14.0 Å². The number of carbonyl (C=O) groups is 2. The van der Waals surface area contributed by atoms with Crippen molar-refractivity contribution in [1.29, 1.82) is 0 Å². The van der Waals surface area contributed by atoms with Crippen molar-refractivity contribution < 1.29 is 23.5 Å². The number of carbonyl (C=O) groups excluding carboxylic acids is 2. The van der Waals surface area contributed by atoms with Crippen LogP contribution in [0.1, 0.15) is 34.2 Å². The van der Waals surface area contributed by atoms with Gasteiger partial charge < -0.3 is 19.4 Å². The Morgan fingerprint density at radius 2 is 1.89 bits per heavy atom. The highest BCUT2D eigenvalue weighted by Crippen LogP contribution is 2.36. The second-order valence-electron chi connectivity index (χ2n) is 8.32. The fraction of sp³-hybridized carbons (Fsp3) is 0.259. The summed E-state index contributed by atoms with van der Waals surface area (Å²) in [7, 11) is 1.27. The van der Waals surface area contributed by atoms with Gasteiger partial charge in [0, 0.05) is 17.5 Å². The number of nitrogens with zero attached hydrogens (tertiary/aromatic N) is 3. The van der Waals surface area contributed by atoms with E-state index < -0.39 is 5.97 Å². The molecule has 1 N–H and O–H groups in total. The molecule has 0 unspecified atom stereocenters. The lowest BCUT2D eigenvalue weighted by molar-refractivity contribution is -0.113. The summed E-state index contributed by atoms with van der Waals surface area (Å²) in [6.45, 7) is 6.88. The molecular weight excluding hydrogens is 527 g/mol. The highest BCUT2D eigenvalue weighted by molar-refractivity contribution is 7.99. The number of amides is 1. The number of thiophene rings is 1. The molecule has 0 aliphatic rings. The van der Waals surface area contributed by atoms with Crippen LogP contribution >= 0.6 is 23.1 Å². The van der Waals surface area contributed by atoms with E-state index in [2.05, 4.69) is 15.5 Å². The lowest BCUT2D eigenvalue weighted by Crippen LogP contribution is -2.16. The van der Waals surface area contributed by atoms with E-state index in [1.807, 2.05) is 43.5 Å². The molecule has 0 spiro atoms. The first-order valence-electron chi connectivity index (χ1n) is 11.8. The van der Waals surface area contributed by atoms with Gasteiger partial charge in [0.1, 0.15) is 28.7 Å². The van der Waals surface area contributed by atoms with Crippen molar-refractivity contribution in [1.82, 2.24) is 14.8 Å². The average molecular weight is 555 g/mol. The van der Waals surface area contributed by atoms with Crippen LogP contribution in [0.15, 0.2) is 53.0 Å². The molecule has 4 rings (SSSR count). The Morgan fingerprint density at radius 1 is 1.13 bits per heavy atom. The Morgan fingerprint density at radius 3 is 2.61 bits per heavy atom. The van der Waals surface area contributed by atoms with Gasteiger partial charge in [0.15, 0.2) is 11.0 Å². The first kappa shape index (κ1) is 27.3. The number of nitrogens with one attached hydrogen (secondary N) is 1. The number of benzene rings is 2. The molecule has 11 heteroatoms. The van der Waals surface area contributed by atoms with Crippen LogP contribution in [0.2, 0.25) is 0 Å². The van der Waals surface area contributed by atoms with Crippen LogP contribution in [0, 0.1) is 19.7 Å². The van der Waals surface area contributed by atoms with E-state index in [1.54, 1.807) is 17.5 Å². The number of ether oxygens (including phenoxy) is 2.